The molecule has 0 unspecified atom stereocenters. The average molecular weight is 348 g/mol. The Kier molecular flexibility index (Phi) is 5.21. The molecule has 0 aliphatic heterocycles. The SMILES string of the molecule is CC(=O)OC(C)=P(c1ccccc1)(c1ccccc1)c1ccccc1. The summed E-state index contributed by atoms with van der Waals surface area (Å²) in [5, 5.41) is 3.52. The highest BCUT2D eigenvalue weighted by Gasteiger charge is 2.29. The first kappa shape index (κ1) is 17.3. The minimum absolute atomic E-state index is 0.287. The fraction of sp³-hybridized carbons (Fsp3) is 0.0909. The van der Waals surface area contributed by atoms with Gasteiger partial charge in [0.05, 0.1) is 0 Å². The number of ether oxygens (including phenoxy) is 1. The highest BCUT2D eigenvalue weighted by atomic mass is 31.2. The van der Waals surface area contributed by atoms with Gasteiger partial charge >= 0.3 is 5.97 Å². The number of carbonyl (C=O) groups is 1. The van der Waals surface area contributed by atoms with E-state index in [0.29, 0.717) is 0 Å². The first-order chi connectivity index (χ1) is 12.2. The third-order valence-electron chi connectivity index (χ3n) is 4.19. The van der Waals surface area contributed by atoms with Gasteiger partial charge in [0.1, 0.15) is 5.48 Å². The van der Waals surface area contributed by atoms with Gasteiger partial charge in [-0.3, -0.25) is 4.79 Å². The summed E-state index contributed by atoms with van der Waals surface area (Å²) in [6.45, 7) is 1.17. The lowest BCUT2D eigenvalue weighted by atomic mass is 10.4. The van der Waals surface area contributed by atoms with Crippen molar-refractivity contribution in [3.05, 3.63) is 91.0 Å². The van der Waals surface area contributed by atoms with Crippen LogP contribution in [-0.2, 0) is 9.53 Å². The lowest BCUT2D eigenvalue weighted by Crippen LogP contribution is -2.31. The van der Waals surface area contributed by atoms with Crippen molar-refractivity contribution < 1.29 is 9.53 Å². The van der Waals surface area contributed by atoms with Crippen LogP contribution < -0.4 is 15.9 Å². The summed E-state index contributed by atoms with van der Waals surface area (Å²) in [6.07, 6.45) is 0. The van der Waals surface area contributed by atoms with E-state index in [4.69, 9.17) is 4.74 Å². The summed E-state index contributed by atoms with van der Waals surface area (Å²) in [4.78, 5) is 11.8. The minimum Gasteiger partial charge on any atom is -0.431 e. The second-order valence-electron chi connectivity index (χ2n) is 5.79. The summed E-state index contributed by atoms with van der Waals surface area (Å²) in [5.74, 6) is -0.287. The molecule has 3 aromatic rings. The molecule has 0 bridgehead atoms. The number of carbonyl (C=O) groups excluding carboxylic acids is 1. The van der Waals surface area contributed by atoms with Gasteiger partial charge in [0, 0.05) is 13.8 Å². The normalized spacial score (nSPS) is 11.0. The second kappa shape index (κ2) is 7.55. The van der Waals surface area contributed by atoms with Crippen LogP contribution in [0.5, 0.6) is 0 Å². The Morgan fingerprint density at radius 1 is 0.640 bits per heavy atom. The van der Waals surface area contributed by atoms with E-state index in [-0.39, 0.29) is 5.97 Å². The fourth-order valence-corrected chi connectivity index (χ4v) is 7.33. The molecule has 0 spiro atoms. The van der Waals surface area contributed by atoms with Crippen molar-refractivity contribution in [2.24, 2.45) is 0 Å². The van der Waals surface area contributed by atoms with Gasteiger partial charge in [-0.2, -0.15) is 0 Å². The van der Waals surface area contributed by atoms with Crippen LogP contribution in [0.1, 0.15) is 13.8 Å². The van der Waals surface area contributed by atoms with Gasteiger partial charge in [-0.15, -0.1) is 0 Å². The maximum atomic E-state index is 11.8. The van der Waals surface area contributed by atoms with E-state index in [1.54, 1.807) is 0 Å². The van der Waals surface area contributed by atoms with Crippen LogP contribution in [0, 0.1) is 0 Å². The quantitative estimate of drug-likeness (QED) is 0.531. The van der Waals surface area contributed by atoms with Gasteiger partial charge in [0.25, 0.3) is 0 Å². The van der Waals surface area contributed by atoms with Gasteiger partial charge < -0.3 is 4.74 Å². The first-order valence-corrected chi connectivity index (χ1v) is 10.0. The number of benzene rings is 3. The van der Waals surface area contributed by atoms with Crippen LogP contribution in [0.15, 0.2) is 91.0 Å². The topological polar surface area (TPSA) is 26.3 Å². The van der Waals surface area contributed by atoms with Gasteiger partial charge in [0.2, 0.25) is 0 Å². The maximum absolute atomic E-state index is 11.8. The molecule has 3 rings (SSSR count). The van der Waals surface area contributed by atoms with Gasteiger partial charge in [0.15, 0.2) is 0 Å². The monoisotopic (exact) mass is 348 g/mol. The number of esters is 1. The molecule has 0 aliphatic rings. The molecule has 0 saturated carbocycles. The average Bonchev–Trinajstić information content (AvgIpc) is 2.64. The molecule has 3 aromatic carbocycles. The van der Waals surface area contributed by atoms with Crippen LogP contribution >= 0.6 is 6.89 Å². The molecule has 0 heterocycles. The molecule has 0 aromatic heterocycles. The Hall–Kier alpha value is -2.57. The zero-order valence-electron chi connectivity index (χ0n) is 14.4. The van der Waals surface area contributed by atoms with Crippen LogP contribution in [-0.4, -0.2) is 11.4 Å². The molecule has 3 heteroatoms. The van der Waals surface area contributed by atoms with Crippen molar-refractivity contribution >= 4 is 34.2 Å². The molecule has 0 radical (unpaired) electrons. The Morgan fingerprint density at radius 2 is 0.960 bits per heavy atom. The van der Waals surface area contributed by atoms with Crippen molar-refractivity contribution in [1.82, 2.24) is 0 Å². The van der Waals surface area contributed by atoms with Gasteiger partial charge in [-0.1, -0.05) is 91.0 Å². The maximum Gasteiger partial charge on any atom is 0.307 e. The molecule has 0 aliphatic carbocycles. The standard InChI is InChI=1S/C22H21O2P/c1-18(23)24-19(2)25(20-12-6-3-7-13-20,21-14-8-4-9-15-21)22-16-10-5-11-17-22/h3-17H,1-2H3. The van der Waals surface area contributed by atoms with Gasteiger partial charge in [-0.25, -0.2) is 0 Å². The first-order valence-electron chi connectivity index (χ1n) is 8.24. The van der Waals surface area contributed by atoms with E-state index >= 15 is 0 Å². The van der Waals surface area contributed by atoms with Crippen LogP contribution in [0.2, 0.25) is 0 Å². The highest BCUT2D eigenvalue weighted by molar-refractivity contribution is 7.95. The van der Waals surface area contributed by atoms with E-state index in [1.165, 1.54) is 22.8 Å². The predicted octanol–water partition coefficient (Wildman–Crippen LogP) is 3.69. The zero-order valence-corrected chi connectivity index (χ0v) is 15.3. The minimum atomic E-state index is -2.22. The lowest BCUT2D eigenvalue weighted by Gasteiger charge is -2.30. The van der Waals surface area contributed by atoms with Crippen LogP contribution in [0.4, 0.5) is 0 Å². The third kappa shape index (κ3) is 3.31. The van der Waals surface area contributed by atoms with E-state index in [9.17, 15) is 4.79 Å². The molecular weight excluding hydrogens is 327 g/mol. The number of rotatable bonds is 4. The Bertz CT molecular complexity index is 797. The van der Waals surface area contributed by atoms with Gasteiger partial charge in [-0.05, 0) is 22.8 Å². The third-order valence-corrected chi connectivity index (χ3v) is 8.45. The second-order valence-corrected chi connectivity index (χ2v) is 9.31. The van der Waals surface area contributed by atoms with Crippen LogP contribution in [0.3, 0.4) is 0 Å². The van der Waals surface area contributed by atoms with Crippen molar-refractivity contribution in [2.45, 2.75) is 13.8 Å². The summed E-state index contributed by atoms with van der Waals surface area (Å²) in [7, 11) is 0. The Balaban J connectivity index is 2.47. The summed E-state index contributed by atoms with van der Waals surface area (Å²) >= 11 is 0. The Labute approximate surface area is 149 Å². The molecule has 0 amide bonds. The molecule has 25 heavy (non-hydrogen) atoms. The zero-order chi connectivity index (χ0) is 17.7. The lowest BCUT2D eigenvalue weighted by molar-refractivity contribution is -0.132. The van der Waals surface area contributed by atoms with Crippen molar-refractivity contribution in [3.63, 3.8) is 0 Å². The molecule has 0 N–H and O–H groups in total. The van der Waals surface area contributed by atoms with E-state index in [2.05, 4.69) is 36.4 Å². The van der Waals surface area contributed by atoms with Crippen LogP contribution in [0.25, 0.3) is 0 Å². The van der Waals surface area contributed by atoms with E-state index < -0.39 is 6.89 Å². The predicted molar refractivity (Wildman–Crippen MR) is 108 cm³/mol. The highest BCUT2D eigenvalue weighted by Crippen LogP contribution is 2.46. The summed E-state index contributed by atoms with van der Waals surface area (Å²) < 4.78 is 5.71. The van der Waals surface area contributed by atoms with Crippen molar-refractivity contribution in [3.8, 4) is 0 Å². The summed E-state index contributed by atoms with van der Waals surface area (Å²) in [6, 6.07) is 31.0. The molecule has 126 valence electrons. The van der Waals surface area contributed by atoms with Crippen molar-refractivity contribution in [2.75, 3.05) is 0 Å². The smallest absolute Gasteiger partial charge is 0.307 e. The molecule has 2 nitrogen and oxygen atoms in total. The van der Waals surface area contributed by atoms with E-state index in [1.807, 2.05) is 61.5 Å². The number of hydrogen-bond acceptors (Lipinski definition) is 2. The van der Waals surface area contributed by atoms with Crippen molar-refractivity contribution in [1.29, 1.82) is 0 Å². The molecule has 0 atom stereocenters. The molecule has 0 saturated heterocycles. The molecular formula is C22H21O2P. The fourth-order valence-electron chi connectivity index (χ4n) is 3.22. The molecule has 0 fully saturated rings. The number of hydrogen-bond donors (Lipinski definition) is 0. The largest absolute Gasteiger partial charge is 0.431 e. The Morgan fingerprint density at radius 3 is 1.24 bits per heavy atom. The van der Waals surface area contributed by atoms with E-state index in [0.717, 1.165) is 5.48 Å². The summed E-state index contributed by atoms with van der Waals surface area (Å²) in [5.41, 5.74) is 0.753.